The van der Waals surface area contributed by atoms with Crippen molar-refractivity contribution < 1.29 is 9.53 Å². The van der Waals surface area contributed by atoms with E-state index in [0.29, 0.717) is 17.1 Å². The molecule has 0 fully saturated rings. The fraction of sp³-hybridized carbons (Fsp3) is 0.333. The molecule has 20 heavy (non-hydrogen) atoms. The van der Waals surface area contributed by atoms with E-state index in [-0.39, 0.29) is 5.95 Å². The number of hydrogen-bond acceptors (Lipinski definition) is 6. The highest BCUT2D eigenvalue weighted by Gasteiger charge is 2.18. The standard InChI is InChI=1S/C12H16N6O2/c1-7-4-9(20-3)16-12(15-7)17-11(19)10(13)8-5-14-18(2)6-8/h4-6,10H,13H2,1-3H3,(H,15,16,17,19). The summed E-state index contributed by atoms with van der Waals surface area (Å²) in [5, 5.41) is 6.54. The van der Waals surface area contributed by atoms with Crippen LogP contribution >= 0.6 is 0 Å². The second-order valence-corrected chi connectivity index (χ2v) is 4.29. The van der Waals surface area contributed by atoms with Crippen molar-refractivity contribution in [3.63, 3.8) is 0 Å². The van der Waals surface area contributed by atoms with E-state index in [1.54, 1.807) is 37.1 Å². The summed E-state index contributed by atoms with van der Waals surface area (Å²) in [5.41, 5.74) is 7.15. The van der Waals surface area contributed by atoms with Gasteiger partial charge in [0.1, 0.15) is 6.04 Å². The van der Waals surface area contributed by atoms with Crippen molar-refractivity contribution in [2.45, 2.75) is 13.0 Å². The molecule has 0 saturated carbocycles. The molecule has 0 spiro atoms. The van der Waals surface area contributed by atoms with Gasteiger partial charge in [-0.25, -0.2) is 4.98 Å². The summed E-state index contributed by atoms with van der Waals surface area (Å²) >= 11 is 0. The summed E-state index contributed by atoms with van der Waals surface area (Å²) in [6.07, 6.45) is 3.23. The van der Waals surface area contributed by atoms with Crippen LogP contribution in [0.25, 0.3) is 0 Å². The van der Waals surface area contributed by atoms with E-state index in [1.165, 1.54) is 7.11 Å². The number of carbonyl (C=O) groups excluding carboxylic acids is 1. The summed E-state index contributed by atoms with van der Waals surface area (Å²) in [5.74, 6) is 0.125. The molecule has 8 heteroatoms. The Hall–Kier alpha value is -2.48. The van der Waals surface area contributed by atoms with Crippen LogP contribution < -0.4 is 15.8 Å². The number of amides is 1. The zero-order valence-electron chi connectivity index (χ0n) is 11.5. The lowest BCUT2D eigenvalue weighted by Gasteiger charge is -2.10. The van der Waals surface area contributed by atoms with Gasteiger partial charge in [-0.15, -0.1) is 0 Å². The summed E-state index contributed by atoms with van der Waals surface area (Å²) in [4.78, 5) is 20.2. The number of ether oxygens (including phenoxy) is 1. The molecule has 8 nitrogen and oxygen atoms in total. The van der Waals surface area contributed by atoms with Crippen LogP contribution in [0.3, 0.4) is 0 Å². The van der Waals surface area contributed by atoms with Gasteiger partial charge in [-0.05, 0) is 6.92 Å². The quantitative estimate of drug-likeness (QED) is 0.824. The van der Waals surface area contributed by atoms with Gasteiger partial charge in [-0.3, -0.25) is 14.8 Å². The van der Waals surface area contributed by atoms with Crippen molar-refractivity contribution in [2.24, 2.45) is 12.8 Å². The second-order valence-electron chi connectivity index (χ2n) is 4.29. The molecular weight excluding hydrogens is 260 g/mol. The molecule has 0 aliphatic heterocycles. The van der Waals surface area contributed by atoms with Gasteiger partial charge in [0.05, 0.1) is 13.3 Å². The second kappa shape index (κ2) is 5.66. The molecule has 2 aromatic rings. The zero-order valence-corrected chi connectivity index (χ0v) is 11.5. The summed E-state index contributed by atoms with van der Waals surface area (Å²) < 4.78 is 6.60. The highest BCUT2D eigenvalue weighted by molar-refractivity contribution is 5.93. The predicted octanol–water partition coefficient (Wildman–Crippen LogP) is 0.166. The van der Waals surface area contributed by atoms with Crippen LogP contribution in [-0.2, 0) is 11.8 Å². The number of aryl methyl sites for hydroxylation is 2. The van der Waals surface area contributed by atoms with Gasteiger partial charge in [0.15, 0.2) is 0 Å². The van der Waals surface area contributed by atoms with Gasteiger partial charge in [-0.2, -0.15) is 10.1 Å². The van der Waals surface area contributed by atoms with Crippen LogP contribution in [0.2, 0.25) is 0 Å². The Balaban J connectivity index is 2.13. The maximum Gasteiger partial charge on any atom is 0.248 e. The Morgan fingerprint density at radius 2 is 2.25 bits per heavy atom. The van der Waals surface area contributed by atoms with Crippen LogP contribution in [0.15, 0.2) is 18.5 Å². The number of carbonyl (C=O) groups is 1. The van der Waals surface area contributed by atoms with Crippen molar-refractivity contribution >= 4 is 11.9 Å². The third-order valence-corrected chi connectivity index (χ3v) is 2.64. The van der Waals surface area contributed by atoms with Gasteiger partial charge in [0.25, 0.3) is 0 Å². The fourth-order valence-electron chi connectivity index (χ4n) is 1.64. The maximum absolute atomic E-state index is 12.0. The normalized spacial score (nSPS) is 12.0. The van der Waals surface area contributed by atoms with E-state index in [4.69, 9.17) is 10.5 Å². The molecule has 0 aliphatic carbocycles. The first-order valence-electron chi connectivity index (χ1n) is 5.94. The Bertz CT molecular complexity index is 624. The first-order valence-corrected chi connectivity index (χ1v) is 5.94. The average Bonchev–Trinajstić information content (AvgIpc) is 2.83. The minimum atomic E-state index is -0.834. The van der Waals surface area contributed by atoms with Crippen molar-refractivity contribution in [3.8, 4) is 5.88 Å². The maximum atomic E-state index is 12.0. The van der Waals surface area contributed by atoms with E-state index in [1.807, 2.05) is 0 Å². The number of rotatable bonds is 4. The van der Waals surface area contributed by atoms with Crippen molar-refractivity contribution in [3.05, 3.63) is 29.7 Å². The van der Waals surface area contributed by atoms with Gasteiger partial charge in [0.2, 0.25) is 17.7 Å². The van der Waals surface area contributed by atoms with Gasteiger partial charge >= 0.3 is 0 Å². The molecule has 106 valence electrons. The molecule has 0 radical (unpaired) electrons. The number of anilines is 1. The van der Waals surface area contributed by atoms with Crippen LogP contribution in [0, 0.1) is 6.92 Å². The van der Waals surface area contributed by atoms with Crippen LogP contribution in [-0.4, -0.2) is 32.8 Å². The third-order valence-electron chi connectivity index (χ3n) is 2.64. The minimum Gasteiger partial charge on any atom is -0.481 e. The lowest BCUT2D eigenvalue weighted by Crippen LogP contribution is -2.28. The Morgan fingerprint density at radius 3 is 2.85 bits per heavy atom. The Morgan fingerprint density at radius 1 is 1.50 bits per heavy atom. The molecule has 2 heterocycles. The van der Waals surface area contributed by atoms with Crippen LogP contribution in [0.1, 0.15) is 17.3 Å². The highest BCUT2D eigenvalue weighted by Crippen LogP contribution is 2.14. The largest absolute Gasteiger partial charge is 0.481 e. The molecule has 1 amide bonds. The Kier molecular flexibility index (Phi) is 3.94. The first kappa shape index (κ1) is 13.9. The molecule has 3 N–H and O–H groups in total. The molecule has 1 unspecified atom stereocenters. The monoisotopic (exact) mass is 276 g/mol. The minimum absolute atomic E-state index is 0.159. The summed E-state index contributed by atoms with van der Waals surface area (Å²) in [6.45, 7) is 1.78. The van der Waals surface area contributed by atoms with Crippen molar-refractivity contribution in [2.75, 3.05) is 12.4 Å². The number of hydrogen-bond donors (Lipinski definition) is 2. The molecular formula is C12H16N6O2. The molecule has 0 bridgehead atoms. The van der Waals surface area contributed by atoms with E-state index in [2.05, 4.69) is 20.4 Å². The fourth-order valence-corrected chi connectivity index (χ4v) is 1.64. The molecule has 2 rings (SSSR count). The van der Waals surface area contributed by atoms with Gasteiger partial charge in [0, 0.05) is 30.6 Å². The number of aromatic nitrogens is 4. The van der Waals surface area contributed by atoms with E-state index in [9.17, 15) is 4.79 Å². The number of nitrogens with one attached hydrogen (secondary N) is 1. The molecule has 1 atom stereocenters. The lowest BCUT2D eigenvalue weighted by atomic mass is 10.1. The summed E-state index contributed by atoms with van der Waals surface area (Å²) in [6, 6.07) is 0.829. The van der Waals surface area contributed by atoms with Gasteiger partial charge in [-0.1, -0.05) is 0 Å². The predicted molar refractivity (Wildman–Crippen MR) is 72.1 cm³/mol. The first-order chi connectivity index (χ1) is 9.49. The topological polar surface area (TPSA) is 108 Å². The SMILES string of the molecule is COc1cc(C)nc(NC(=O)C(N)c2cnn(C)c2)n1. The number of nitrogens with zero attached hydrogens (tertiary/aromatic N) is 4. The lowest BCUT2D eigenvalue weighted by molar-refractivity contribution is -0.117. The third kappa shape index (κ3) is 3.09. The molecule has 0 saturated heterocycles. The van der Waals surface area contributed by atoms with Crippen molar-refractivity contribution in [1.29, 1.82) is 0 Å². The smallest absolute Gasteiger partial charge is 0.248 e. The van der Waals surface area contributed by atoms with E-state index < -0.39 is 11.9 Å². The number of methoxy groups -OCH3 is 1. The van der Waals surface area contributed by atoms with Crippen LogP contribution in [0.5, 0.6) is 5.88 Å². The van der Waals surface area contributed by atoms with E-state index in [0.717, 1.165) is 0 Å². The zero-order chi connectivity index (χ0) is 14.7. The summed E-state index contributed by atoms with van der Waals surface area (Å²) in [7, 11) is 3.25. The molecule has 0 aliphatic rings. The van der Waals surface area contributed by atoms with Crippen molar-refractivity contribution in [1.82, 2.24) is 19.7 Å². The number of nitrogens with two attached hydrogens (primary N) is 1. The van der Waals surface area contributed by atoms with Gasteiger partial charge < -0.3 is 10.5 Å². The Labute approximate surface area is 116 Å². The molecule has 0 aromatic carbocycles. The molecule has 2 aromatic heterocycles. The van der Waals surface area contributed by atoms with E-state index >= 15 is 0 Å². The average molecular weight is 276 g/mol. The van der Waals surface area contributed by atoms with Crippen LogP contribution in [0.4, 0.5) is 5.95 Å². The highest BCUT2D eigenvalue weighted by atomic mass is 16.5.